The molecule has 0 aromatic heterocycles. The fraction of sp³-hybridized carbons (Fsp3) is 0.556. The van der Waals surface area contributed by atoms with Crippen LogP contribution in [0.1, 0.15) is 12.8 Å². The third-order valence-electron chi connectivity index (χ3n) is 5.71. The van der Waals surface area contributed by atoms with Crippen molar-refractivity contribution in [2.45, 2.75) is 12.8 Å². The van der Waals surface area contributed by atoms with Crippen LogP contribution in [0, 0.1) is 27.9 Å². The predicted molar refractivity (Wildman–Crippen MR) is 90.6 cm³/mol. The molecule has 0 amide bonds. The highest BCUT2D eigenvalue weighted by Crippen LogP contribution is 2.43. The first-order chi connectivity index (χ1) is 11.2. The minimum absolute atomic E-state index is 0.164. The molecule has 0 unspecified atom stereocenters. The standard InChI is InChI=1S/C18H23N3O2/c22-21(23)18-5-3-17(4-6-18)20-9-7-19(8-10-20)13-16-12-14-1-2-15(16)11-14/h1-6,14-16H,7-13H2/t14-,15-,16+/m0/s1. The van der Waals surface area contributed by atoms with Crippen LogP contribution in [0.4, 0.5) is 11.4 Å². The second-order valence-electron chi connectivity index (χ2n) is 7.10. The SMILES string of the molecule is O=[N+]([O-])c1ccc(N2CCN(C[C@H]3C[C@H]4C=C[C@H]3C4)CC2)cc1. The summed E-state index contributed by atoms with van der Waals surface area (Å²) in [5.74, 6) is 2.54. The van der Waals surface area contributed by atoms with E-state index < -0.39 is 0 Å². The Morgan fingerprint density at radius 1 is 1.04 bits per heavy atom. The molecular formula is C18H23N3O2. The van der Waals surface area contributed by atoms with Gasteiger partial charge in [0.2, 0.25) is 0 Å². The fourth-order valence-electron chi connectivity index (χ4n) is 4.41. The van der Waals surface area contributed by atoms with Crippen molar-refractivity contribution in [1.29, 1.82) is 0 Å². The lowest BCUT2D eigenvalue weighted by molar-refractivity contribution is -0.384. The highest BCUT2D eigenvalue weighted by atomic mass is 16.6. The topological polar surface area (TPSA) is 49.6 Å². The van der Waals surface area contributed by atoms with Gasteiger partial charge in [0.25, 0.3) is 5.69 Å². The Morgan fingerprint density at radius 3 is 2.35 bits per heavy atom. The second-order valence-corrected chi connectivity index (χ2v) is 7.10. The lowest BCUT2D eigenvalue weighted by atomic mass is 9.93. The molecule has 122 valence electrons. The molecule has 23 heavy (non-hydrogen) atoms. The van der Waals surface area contributed by atoms with E-state index in [0.717, 1.165) is 49.6 Å². The van der Waals surface area contributed by atoms with Crippen LogP contribution < -0.4 is 4.90 Å². The summed E-state index contributed by atoms with van der Waals surface area (Å²) in [6, 6.07) is 6.94. The monoisotopic (exact) mass is 313 g/mol. The first kappa shape index (κ1) is 14.7. The summed E-state index contributed by atoms with van der Waals surface area (Å²) >= 11 is 0. The molecule has 1 aromatic carbocycles. The van der Waals surface area contributed by atoms with Gasteiger partial charge >= 0.3 is 0 Å². The third-order valence-corrected chi connectivity index (χ3v) is 5.71. The van der Waals surface area contributed by atoms with E-state index in [1.165, 1.54) is 19.4 Å². The van der Waals surface area contributed by atoms with Crippen LogP contribution >= 0.6 is 0 Å². The van der Waals surface area contributed by atoms with Crippen molar-refractivity contribution < 1.29 is 4.92 Å². The van der Waals surface area contributed by atoms with Gasteiger partial charge in [-0.2, -0.15) is 0 Å². The molecule has 0 radical (unpaired) electrons. The molecule has 1 aromatic rings. The zero-order valence-electron chi connectivity index (χ0n) is 13.3. The Bertz CT molecular complexity index is 605. The van der Waals surface area contributed by atoms with Crippen LogP contribution in [0.25, 0.3) is 0 Å². The predicted octanol–water partition coefficient (Wildman–Crippen LogP) is 2.93. The van der Waals surface area contributed by atoms with E-state index in [1.54, 1.807) is 12.1 Å². The van der Waals surface area contributed by atoms with Gasteiger partial charge in [-0.05, 0) is 42.7 Å². The number of allylic oxidation sites excluding steroid dienone is 2. The zero-order chi connectivity index (χ0) is 15.8. The lowest BCUT2D eigenvalue weighted by Crippen LogP contribution is -2.48. The van der Waals surface area contributed by atoms with Crippen molar-refractivity contribution in [1.82, 2.24) is 4.90 Å². The number of non-ortho nitro benzene ring substituents is 1. The minimum Gasteiger partial charge on any atom is -0.369 e. The van der Waals surface area contributed by atoms with Crippen molar-refractivity contribution >= 4 is 11.4 Å². The number of fused-ring (bicyclic) bond motifs is 2. The summed E-state index contributed by atoms with van der Waals surface area (Å²) in [6.45, 7) is 5.44. The van der Waals surface area contributed by atoms with Gasteiger partial charge in [-0.15, -0.1) is 0 Å². The minimum atomic E-state index is -0.342. The molecule has 2 aliphatic carbocycles. The summed E-state index contributed by atoms with van der Waals surface area (Å²) in [4.78, 5) is 15.3. The van der Waals surface area contributed by atoms with Gasteiger partial charge in [-0.25, -0.2) is 0 Å². The number of hydrogen-bond acceptors (Lipinski definition) is 4. The van der Waals surface area contributed by atoms with E-state index in [1.807, 2.05) is 12.1 Å². The summed E-state index contributed by atoms with van der Waals surface area (Å²) in [6.07, 6.45) is 7.61. The number of hydrogen-bond donors (Lipinski definition) is 0. The fourth-order valence-corrected chi connectivity index (χ4v) is 4.41. The highest BCUT2D eigenvalue weighted by molar-refractivity contribution is 5.51. The van der Waals surface area contributed by atoms with Gasteiger partial charge in [0.1, 0.15) is 0 Å². The number of anilines is 1. The summed E-state index contributed by atoms with van der Waals surface area (Å²) in [7, 11) is 0. The number of nitro benzene ring substituents is 1. The van der Waals surface area contributed by atoms with Crippen molar-refractivity contribution in [2.75, 3.05) is 37.6 Å². The normalized spacial score (nSPS) is 30.1. The second kappa shape index (κ2) is 5.96. The molecule has 2 bridgehead atoms. The van der Waals surface area contributed by atoms with Crippen LogP contribution in [0.5, 0.6) is 0 Å². The number of rotatable bonds is 4. The zero-order valence-corrected chi connectivity index (χ0v) is 13.3. The van der Waals surface area contributed by atoms with Crippen molar-refractivity contribution in [2.24, 2.45) is 17.8 Å². The molecule has 1 aliphatic heterocycles. The van der Waals surface area contributed by atoms with Crippen LogP contribution in [-0.2, 0) is 0 Å². The van der Waals surface area contributed by atoms with Gasteiger partial charge in [-0.3, -0.25) is 15.0 Å². The first-order valence-corrected chi connectivity index (χ1v) is 8.59. The molecule has 1 saturated heterocycles. The van der Waals surface area contributed by atoms with Crippen LogP contribution in [0.2, 0.25) is 0 Å². The molecule has 3 atom stereocenters. The van der Waals surface area contributed by atoms with E-state index in [9.17, 15) is 10.1 Å². The van der Waals surface area contributed by atoms with Gasteiger partial charge in [0.05, 0.1) is 4.92 Å². The first-order valence-electron chi connectivity index (χ1n) is 8.59. The molecule has 5 heteroatoms. The van der Waals surface area contributed by atoms with Gasteiger partial charge in [-0.1, -0.05) is 12.2 Å². The summed E-state index contributed by atoms with van der Waals surface area (Å²) in [5, 5.41) is 10.7. The molecule has 4 rings (SSSR count). The average Bonchev–Trinajstić information content (AvgIpc) is 3.18. The Labute approximate surface area is 136 Å². The smallest absolute Gasteiger partial charge is 0.269 e. The van der Waals surface area contributed by atoms with E-state index in [2.05, 4.69) is 22.0 Å². The molecule has 2 fully saturated rings. The quantitative estimate of drug-likeness (QED) is 0.487. The molecule has 0 N–H and O–H groups in total. The lowest BCUT2D eigenvalue weighted by Gasteiger charge is -2.38. The Morgan fingerprint density at radius 2 is 1.78 bits per heavy atom. The van der Waals surface area contributed by atoms with E-state index in [0.29, 0.717) is 0 Å². The molecule has 1 heterocycles. The molecule has 0 spiro atoms. The maximum atomic E-state index is 10.7. The summed E-state index contributed by atoms with van der Waals surface area (Å²) < 4.78 is 0. The van der Waals surface area contributed by atoms with Crippen LogP contribution in [0.3, 0.4) is 0 Å². The van der Waals surface area contributed by atoms with Crippen molar-refractivity contribution in [3.05, 3.63) is 46.5 Å². The number of nitrogens with zero attached hydrogens (tertiary/aromatic N) is 3. The van der Waals surface area contributed by atoms with E-state index in [4.69, 9.17) is 0 Å². The van der Waals surface area contributed by atoms with Gasteiger partial charge in [0, 0.05) is 50.5 Å². The molecule has 3 aliphatic rings. The van der Waals surface area contributed by atoms with Crippen molar-refractivity contribution in [3.8, 4) is 0 Å². The van der Waals surface area contributed by atoms with Gasteiger partial charge < -0.3 is 4.90 Å². The third kappa shape index (κ3) is 2.98. The highest BCUT2D eigenvalue weighted by Gasteiger charge is 2.36. The maximum absolute atomic E-state index is 10.7. The number of piperazine rings is 1. The molecule has 1 saturated carbocycles. The van der Waals surface area contributed by atoms with Crippen molar-refractivity contribution in [3.63, 3.8) is 0 Å². The molecular weight excluding hydrogens is 290 g/mol. The number of nitro groups is 1. The van der Waals surface area contributed by atoms with Crippen LogP contribution in [0.15, 0.2) is 36.4 Å². The Balaban J connectivity index is 1.30. The Kier molecular flexibility index (Phi) is 3.81. The van der Waals surface area contributed by atoms with Gasteiger partial charge in [0.15, 0.2) is 0 Å². The molecule has 5 nitrogen and oxygen atoms in total. The van der Waals surface area contributed by atoms with E-state index >= 15 is 0 Å². The average molecular weight is 313 g/mol. The number of benzene rings is 1. The summed E-state index contributed by atoms with van der Waals surface area (Å²) in [5.41, 5.74) is 1.26. The van der Waals surface area contributed by atoms with Crippen LogP contribution in [-0.4, -0.2) is 42.5 Å². The maximum Gasteiger partial charge on any atom is 0.269 e. The Hall–Kier alpha value is -1.88. The largest absolute Gasteiger partial charge is 0.369 e. The van der Waals surface area contributed by atoms with E-state index in [-0.39, 0.29) is 10.6 Å².